The summed E-state index contributed by atoms with van der Waals surface area (Å²) >= 11 is 15.1. The van der Waals surface area contributed by atoms with Crippen LogP contribution >= 0.6 is 46.3 Å². The van der Waals surface area contributed by atoms with Crippen molar-refractivity contribution in [3.63, 3.8) is 0 Å². The first-order valence-electron chi connectivity index (χ1n) is 7.39. The third kappa shape index (κ3) is 3.45. The Kier molecular flexibility index (Phi) is 4.90. The van der Waals surface area contributed by atoms with Crippen molar-refractivity contribution < 1.29 is 4.42 Å². The fourth-order valence-corrected chi connectivity index (χ4v) is 4.14. The zero-order chi connectivity index (χ0) is 18.1. The fraction of sp³-hybridized carbons (Fsp3) is 0.0625. The van der Waals surface area contributed by atoms with E-state index in [1.165, 1.54) is 16.4 Å². The molecular weight excluding hydrogens is 413 g/mol. The van der Waals surface area contributed by atoms with E-state index >= 15 is 0 Å². The second kappa shape index (κ2) is 7.32. The second-order valence-corrected chi connectivity index (χ2v) is 7.94. The Morgan fingerprint density at radius 1 is 1.23 bits per heavy atom. The molecule has 0 unspecified atom stereocenters. The molecule has 6 nitrogen and oxygen atoms in total. The summed E-state index contributed by atoms with van der Waals surface area (Å²) in [5.41, 5.74) is 1.46. The monoisotopic (exact) mass is 423 g/mol. The number of hydrogen-bond acceptors (Lipinski definition) is 7. The van der Waals surface area contributed by atoms with Gasteiger partial charge >= 0.3 is 0 Å². The lowest BCUT2D eigenvalue weighted by Crippen LogP contribution is -2.11. The predicted octanol–water partition coefficient (Wildman–Crippen LogP) is 4.97. The summed E-state index contributed by atoms with van der Waals surface area (Å²) in [4.78, 5) is 5.46. The van der Waals surface area contributed by atoms with Crippen molar-refractivity contribution in [3.8, 4) is 22.2 Å². The maximum Gasteiger partial charge on any atom is 0.236 e. The molecular formula is C16H11Cl2N5OS2. The molecule has 4 aromatic rings. The van der Waals surface area contributed by atoms with Gasteiger partial charge in [-0.2, -0.15) is 0 Å². The third-order valence-electron chi connectivity index (χ3n) is 3.47. The normalized spacial score (nSPS) is 11.2. The Morgan fingerprint density at radius 3 is 2.88 bits per heavy atom. The molecule has 0 bridgehead atoms. The lowest BCUT2D eigenvalue weighted by molar-refractivity contribution is 0.575. The van der Waals surface area contributed by atoms with Gasteiger partial charge in [-0.25, -0.2) is 9.66 Å². The zero-order valence-corrected chi connectivity index (χ0v) is 16.2. The molecule has 10 heteroatoms. The van der Waals surface area contributed by atoms with Gasteiger partial charge in [-0.1, -0.05) is 41.0 Å². The molecule has 2 N–H and O–H groups in total. The van der Waals surface area contributed by atoms with Gasteiger partial charge in [0, 0.05) is 16.3 Å². The van der Waals surface area contributed by atoms with Gasteiger partial charge in [0.25, 0.3) is 0 Å². The highest BCUT2D eigenvalue weighted by Gasteiger charge is 2.16. The number of oxazole rings is 1. The molecule has 0 aliphatic carbocycles. The highest BCUT2D eigenvalue weighted by Crippen LogP contribution is 2.31. The Labute approximate surface area is 166 Å². The molecule has 4 rings (SSSR count). The van der Waals surface area contributed by atoms with E-state index in [1.54, 1.807) is 35.8 Å². The van der Waals surface area contributed by atoms with Gasteiger partial charge in [0.2, 0.25) is 11.0 Å². The summed E-state index contributed by atoms with van der Waals surface area (Å²) < 4.78 is 6.91. The summed E-state index contributed by atoms with van der Waals surface area (Å²) in [6.07, 6.45) is 1.64. The molecule has 3 aromatic heterocycles. The molecule has 0 aliphatic heterocycles. The van der Waals surface area contributed by atoms with Crippen molar-refractivity contribution in [2.45, 2.75) is 10.9 Å². The Morgan fingerprint density at radius 2 is 2.12 bits per heavy atom. The van der Waals surface area contributed by atoms with Crippen LogP contribution in [-0.2, 0) is 5.75 Å². The molecule has 26 heavy (non-hydrogen) atoms. The van der Waals surface area contributed by atoms with E-state index in [0.717, 1.165) is 10.6 Å². The van der Waals surface area contributed by atoms with Crippen LogP contribution in [-0.4, -0.2) is 19.9 Å². The van der Waals surface area contributed by atoms with E-state index in [9.17, 15) is 0 Å². The highest BCUT2D eigenvalue weighted by atomic mass is 35.5. The van der Waals surface area contributed by atoms with E-state index in [-0.39, 0.29) is 0 Å². The highest BCUT2D eigenvalue weighted by molar-refractivity contribution is 7.98. The van der Waals surface area contributed by atoms with Crippen molar-refractivity contribution in [1.29, 1.82) is 0 Å². The Bertz CT molecular complexity index is 1050. The minimum atomic E-state index is 0.463. The molecule has 132 valence electrons. The summed E-state index contributed by atoms with van der Waals surface area (Å²) in [6, 6.07) is 9.05. The van der Waals surface area contributed by atoms with E-state index in [4.69, 9.17) is 33.5 Å². The number of aromatic nitrogens is 4. The lowest BCUT2D eigenvalue weighted by Gasteiger charge is -2.05. The fourth-order valence-electron chi connectivity index (χ4n) is 2.26. The summed E-state index contributed by atoms with van der Waals surface area (Å²) in [7, 11) is 0. The van der Waals surface area contributed by atoms with Crippen LogP contribution in [0.15, 0.2) is 51.5 Å². The number of thiophene rings is 1. The molecule has 0 fully saturated rings. The first-order chi connectivity index (χ1) is 12.6. The number of rotatable bonds is 5. The zero-order valence-electron chi connectivity index (χ0n) is 13.1. The molecule has 0 spiro atoms. The van der Waals surface area contributed by atoms with Gasteiger partial charge in [0.05, 0.1) is 15.6 Å². The smallest absolute Gasteiger partial charge is 0.236 e. The molecule has 0 saturated carbocycles. The van der Waals surface area contributed by atoms with Crippen LogP contribution in [0.1, 0.15) is 5.69 Å². The van der Waals surface area contributed by atoms with Crippen molar-refractivity contribution in [2.75, 3.05) is 5.84 Å². The van der Waals surface area contributed by atoms with Crippen LogP contribution in [0.5, 0.6) is 0 Å². The largest absolute Gasteiger partial charge is 0.444 e. The summed E-state index contributed by atoms with van der Waals surface area (Å²) in [5, 5.41) is 11.8. The van der Waals surface area contributed by atoms with Crippen molar-refractivity contribution in [1.82, 2.24) is 19.9 Å². The van der Waals surface area contributed by atoms with Crippen molar-refractivity contribution in [2.24, 2.45) is 0 Å². The van der Waals surface area contributed by atoms with E-state index in [0.29, 0.717) is 38.2 Å². The molecule has 3 heterocycles. The summed E-state index contributed by atoms with van der Waals surface area (Å²) in [6.45, 7) is 0. The van der Waals surface area contributed by atoms with Crippen LogP contribution in [0.2, 0.25) is 10.0 Å². The van der Waals surface area contributed by atoms with Crippen LogP contribution in [0.3, 0.4) is 0 Å². The van der Waals surface area contributed by atoms with Gasteiger partial charge in [0.1, 0.15) is 6.26 Å². The van der Waals surface area contributed by atoms with Gasteiger partial charge in [-0.3, -0.25) is 0 Å². The minimum Gasteiger partial charge on any atom is -0.444 e. The van der Waals surface area contributed by atoms with Crippen LogP contribution in [0.25, 0.3) is 22.2 Å². The number of nitrogens with zero attached hydrogens (tertiary/aromatic N) is 4. The van der Waals surface area contributed by atoms with Gasteiger partial charge in [-0.15, -0.1) is 21.5 Å². The predicted molar refractivity (Wildman–Crippen MR) is 105 cm³/mol. The quantitative estimate of drug-likeness (QED) is 0.360. The average molecular weight is 424 g/mol. The van der Waals surface area contributed by atoms with E-state index in [2.05, 4.69) is 15.2 Å². The Balaban J connectivity index is 1.50. The number of thioether (sulfide) groups is 1. The number of nitrogens with two attached hydrogens (primary N) is 1. The average Bonchev–Trinajstić information content (AvgIpc) is 3.34. The van der Waals surface area contributed by atoms with Crippen LogP contribution in [0, 0.1) is 0 Å². The van der Waals surface area contributed by atoms with Crippen molar-refractivity contribution >= 4 is 46.3 Å². The summed E-state index contributed by atoms with van der Waals surface area (Å²) in [5.74, 6) is 7.76. The van der Waals surface area contributed by atoms with E-state index in [1.807, 2.05) is 17.5 Å². The molecule has 1 aromatic carbocycles. The molecule has 0 radical (unpaired) electrons. The van der Waals surface area contributed by atoms with Crippen LogP contribution < -0.4 is 5.84 Å². The third-order valence-corrected chi connectivity index (χ3v) is 5.85. The van der Waals surface area contributed by atoms with Crippen LogP contribution in [0.4, 0.5) is 0 Å². The lowest BCUT2D eigenvalue weighted by atomic mass is 10.2. The number of benzene rings is 1. The minimum absolute atomic E-state index is 0.463. The standard InChI is InChI=1S/C16H11Cl2N5OS2/c17-9-3-4-11(12(18)6-9)14-21-22-16(23(14)19)26-8-10-7-24-15(20-10)13-2-1-5-25-13/h1-7H,8,19H2. The maximum atomic E-state index is 6.22. The SMILES string of the molecule is Nn1c(SCc2coc(-c3cccs3)n2)nnc1-c1ccc(Cl)cc1Cl. The number of nitrogen functional groups attached to an aromatic ring is 1. The van der Waals surface area contributed by atoms with E-state index < -0.39 is 0 Å². The molecule has 0 amide bonds. The van der Waals surface area contributed by atoms with Gasteiger partial charge in [0.15, 0.2) is 5.82 Å². The Hall–Kier alpha value is -2.00. The number of hydrogen-bond donors (Lipinski definition) is 1. The topological polar surface area (TPSA) is 82.8 Å². The number of halogens is 2. The maximum absolute atomic E-state index is 6.22. The first-order valence-corrected chi connectivity index (χ1v) is 10.0. The molecule has 0 aliphatic rings. The molecule has 0 atom stereocenters. The second-order valence-electron chi connectivity index (χ2n) is 5.21. The van der Waals surface area contributed by atoms with Crippen molar-refractivity contribution in [3.05, 3.63) is 57.7 Å². The van der Waals surface area contributed by atoms with Gasteiger partial charge in [-0.05, 0) is 29.6 Å². The van der Waals surface area contributed by atoms with Gasteiger partial charge < -0.3 is 10.3 Å². The first kappa shape index (κ1) is 17.4. The molecule has 0 saturated heterocycles.